The summed E-state index contributed by atoms with van der Waals surface area (Å²) in [5.74, 6) is -0.108. The molecule has 2 aromatic carbocycles. The molecule has 36 heavy (non-hydrogen) atoms. The topological polar surface area (TPSA) is 134 Å². The van der Waals surface area contributed by atoms with Gasteiger partial charge in [0, 0.05) is 23.1 Å². The number of ether oxygens (including phenoxy) is 1. The molecular weight excluding hydrogens is 464 g/mol. The zero-order valence-corrected chi connectivity index (χ0v) is 19.1. The number of nitrogens with one attached hydrogen (secondary N) is 2. The van der Waals surface area contributed by atoms with Crippen molar-refractivity contribution in [2.75, 3.05) is 13.7 Å². The molecule has 2 aromatic heterocycles. The highest BCUT2D eigenvalue weighted by molar-refractivity contribution is 6.08. The second-order valence-corrected chi connectivity index (χ2v) is 8.73. The van der Waals surface area contributed by atoms with E-state index in [2.05, 4.69) is 15.6 Å². The smallest absolute Gasteiger partial charge is 0.322 e. The van der Waals surface area contributed by atoms with E-state index in [-0.39, 0.29) is 30.5 Å². The van der Waals surface area contributed by atoms with Crippen LogP contribution in [0.3, 0.4) is 0 Å². The normalized spacial score (nSPS) is 18.9. The maximum absolute atomic E-state index is 13.2. The summed E-state index contributed by atoms with van der Waals surface area (Å²) in [4.78, 5) is 44.4. The Morgan fingerprint density at radius 3 is 2.69 bits per heavy atom. The standard InChI is InChI=1S/C26H20N4O6/c1-35-16-7-6-14-12-30(23(32)18(14)10-16)13-26(24(33)28-25(34)29-26)22-9-15-8-19(27-11-21(15)36-22)17-4-2-3-5-20(17)31/h2-11,31H,12-13H2,1H3,(H2,28,29,33,34). The summed E-state index contributed by atoms with van der Waals surface area (Å²) in [6.07, 6.45) is 1.49. The van der Waals surface area contributed by atoms with Crippen molar-refractivity contribution in [2.24, 2.45) is 0 Å². The molecular formula is C26H20N4O6. The lowest BCUT2D eigenvalue weighted by molar-refractivity contribution is -0.125. The highest BCUT2D eigenvalue weighted by Gasteiger charge is 2.53. The van der Waals surface area contributed by atoms with Crippen molar-refractivity contribution in [2.45, 2.75) is 12.1 Å². The molecule has 1 fully saturated rings. The minimum absolute atomic E-state index is 0.0794. The van der Waals surface area contributed by atoms with Crippen LogP contribution in [-0.2, 0) is 16.9 Å². The lowest BCUT2D eigenvalue weighted by Crippen LogP contribution is -2.52. The fourth-order valence-electron chi connectivity index (χ4n) is 4.73. The lowest BCUT2D eigenvalue weighted by atomic mass is 9.95. The van der Waals surface area contributed by atoms with Crippen LogP contribution in [0, 0.1) is 0 Å². The number of benzene rings is 2. The molecule has 10 nitrogen and oxygen atoms in total. The number of hydrogen-bond acceptors (Lipinski definition) is 7. The van der Waals surface area contributed by atoms with Crippen LogP contribution in [0.5, 0.6) is 11.5 Å². The minimum atomic E-state index is -1.63. The second-order valence-electron chi connectivity index (χ2n) is 8.73. The van der Waals surface area contributed by atoms with E-state index in [0.29, 0.717) is 33.5 Å². The summed E-state index contributed by atoms with van der Waals surface area (Å²) in [7, 11) is 1.52. The molecule has 0 aliphatic carbocycles. The number of furan rings is 1. The maximum atomic E-state index is 13.2. The van der Waals surface area contributed by atoms with Gasteiger partial charge in [0.25, 0.3) is 11.8 Å². The first-order valence-corrected chi connectivity index (χ1v) is 11.2. The van der Waals surface area contributed by atoms with Crippen LogP contribution in [0.15, 0.2) is 65.2 Å². The van der Waals surface area contributed by atoms with E-state index in [1.807, 2.05) is 0 Å². The zero-order valence-electron chi connectivity index (χ0n) is 19.1. The maximum Gasteiger partial charge on any atom is 0.322 e. The first kappa shape index (κ1) is 21.7. The van der Waals surface area contributed by atoms with E-state index in [1.165, 1.54) is 18.2 Å². The van der Waals surface area contributed by atoms with Gasteiger partial charge in [-0.3, -0.25) is 19.9 Å². The summed E-state index contributed by atoms with van der Waals surface area (Å²) >= 11 is 0. The fourth-order valence-corrected chi connectivity index (χ4v) is 4.73. The Labute approximate surface area is 204 Å². The number of imide groups is 1. The molecule has 0 radical (unpaired) electrons. The number of para-hydroxylation sites is 1. The predicted octanol–water partition coefficient (Wildman–Crippen LogP) is 2.90. The zero-order chi connectivity index (χ0) is 25.0. The molecule has 6 rings (SSSR count). The van der Waals surface area contributed by atoms with Crippen LogP contribution in [0.25, 0.3) is 22.2 Å². The fraction of sp³-hybridized carbons (Fsp3) is 0.154. The number of methoxy groups -OCH3 is 1. The number of aromatic hydroxyl groups is 1. The van der Waals surface area contributed by atoms with Crippen LogP contribution >= 0.6 is 0 Å². The van der Waals surface area contributed by atoms with Crippen LogP contribution < -0.4 is 15.4 Å². The third kappa shape index (κ3) is 3.26. The third-order valence-corrected chi connectivity index (χ3v) is 6.57. The van der Waals surface area contributed by atoms with Crippen LogP contribution in [0.2, 0.25) is 0 Å². The Hall–Kier alpha value is -4.86. The number of hydrogen-bond donors (Lipinski definition) is 3. The Balaban J connectivity index is 1.39. The van der Waals surface area contributed by atoms with Crippen LogP contribution in [-0.4, -0.2) is 46.5 Å². The van der Waals surface area contributed by atoms with E-state index in [4.69, 9.17) is 9.15 Å². The van der Waals surface area contributed by atoms with Gasteiger partial charge >= 0.3 is 6.03 Å². The molecule has 4 heterocycles. The van der Waals surface area contributed by atoms with Crippen LogP contribution in [0.1, 0.15) is 21.7 Å². The van der Waals surface area contributed by atoms with Crippen molar-refractivity contribution in [1.29, 1.82) is 0 Å². The van der Waals surface area contributed by atoms with Crippen molar-refractivity contribution >= 4 is 28.8 Å². The van der Waals surface area contributed by atoms with Gasteiger partial charge in [0.15, 0.2) is 11.1 Å². The number of urea groups is 1. The molecule has 1 unspecified atom stereocenters. The molecule has 1 atom stereocenters. The van der Waals surface area contributed by atoms with E-state index in [0.717, 1.165) is 5.56 Å². The lowest BCUT2D eigenvalue weighted by Gasteiger charge is -2.29. The molecule has 0 spiro atoms. The second kappa shape index (κ2) is 7.84. The first-order chi connectivity index (χ1) is 17.4. The van der Waals surface area contributed by atoms with Gasteiger partial charge < -0.3 is 24.5 Å². The third-order valence-electron chi connectivity index (χ3n) is 6.57. The average molecular weight is 484 g/mol. The van der Waals surface area contributed by atoms with Crippen LogP contribution in [0.4, 0.5) is 4.79 Å². The summed E-state index contributed by atoms with van der Waals surface area (Å²) in [6, 6.07) is 14.7. The van der Waals surface area contributed by atoms with Crippen molar-refractivity contribution in [3.05, 3.63) is 77.7 Å². The molecule has 4 amide bonds. The Kier molecular flexibility index (Phi) is 4.72. The summed E-state index contributed by atoms with van der Waals surface area (Å²) in [6.45, 7) is 0.127. The van der Waals surface area contributed by atoms with Gasteiger partial charge in [-0.25, -0.2) is 4.79 Å². The molecule has 0 bridgehead atoms. The Morgan fingerprint density at radius 1 is 1.11 bits per heavy atom. The monoisotopic (exact) mass is 484 g/mol. The van der Waals surface area contributed by atoms with E-state index in [9.17, 15) is 19.5 Å². The number of phenols is 1. The number of carbonyl (C=O) groups excluding carboxylic acids is 3. The number of nitrogens with zero attached hydrogens (tertiary/aromatic N) is 2. The number of pyridine rings is 1. The van der Waals surface area contributed by atoms with Gasteiger partial charge in [0.05, 0.1) is 25.5 Å². The van der Waals surface area contributed by atoms with Gasteiger partial charge in [-0.15, -0.1) is 0 Å². The molecule has 3 N–H and O–H groups in total. The Morgan fingerprint density at radius 2 is 1.94 bits per heavy atom. The number of aromatic nitrogens is 1. The van der Waals surface area contributed by atoms with Gasteiger partial charge in [0.1, 0.15) is 17.3 Å². The van der Waals surface area contributed by atoms with Crippen molar-refractivity contribution < 1.29 is 28.6 Å². The van der Waals surface area contributed by atoms with Gasteiger partial charge in [0.2, 0.25) is 0 Å². The van der Waals surface area contributed by atoms with E-state index < -0.39 is 17.5 Å². The summed E-state index contributed by atoms with van der Waals surface area (Å²) in [5, 5.41) is 15.8. The van der Waals surface area contributed by atoms with Gasteiger partial charge in [-0.2, -0.15) is 0 Å². The molecule has 10 heteroatoms. The molecule has 4 aromatic rings. The average Bonchev–Trinajstić information content (AvgIpc) is 3.52. The van der Waals surface area contributed by atoms with Crippen molar-refractivity contribution in [3.63, 3.8) is 0 Å². The quantitative estimate of drug-likeness (QED) is 0.371. The van der Waals surface area contributed by atoms with Crippen molar-refractivity contribution in [3.8, 4) is 22.8 Å². The summed E-state index contributed by atoms with van der Waals surface area (Å²) < 4.78 is 11.2. The number of amides is 4. The van der Waals surface area contributed by atoms with Gasteiger partial charge in [-0.05, 0) is 42.0 Å². The van der Waals surface area contributed by atoms with Crippen molar-refractivity contribution in [1.82, 2.24) is 20.5 Å². The predicted molar refractivity (Wildman–Crippen MR) is 127 cm³/mol. The number of rotatable bonds is 5. The highest BCUT2D eigenvalue weighted by atomic mass is 16.5. The summed E-state index contributed by atoms with van der Waals surface area (Å²) in [5.41, 5.74) is 1.09. The first-order valence-electron chi connectivity index (χ1n) is 11.2. The largest absolute Gasteiger partial charge is 0.507 e. The molecule has 2 aliphatic heterocycles. The number of fused-ring (bicyclic) bond motifs is 2. The SMILES string of the molecule is COc1ccc2c(c1)C(=O)N(CC1(c3cc4cc(-c5ccccc5O)ncc4o3)NC(=O)NC1=O)C2. The molecule has 1 saturated heterocycles. The Bertz CT molecular complexity index is 1580. The molecule has 2 aliphatic rings. The molecule has 180 valence electrons. The highest BCUT2D eigenvalue weighted by Crippen LogP contribution is 2.36. The minimum Gasteiger partial charge on any atom is -0.507 e. The number of phenolic OH excluding ortho intramolecular Hbond substituents is 1. The van der Waals surface area contributed by atoms with E-state index in [1.54, 1.807) is 54.6 Å². The molecule has 0 saturated carbocycles. The van der Waals surface area contributed by atoms with Gasteiger partial charge in [-0.1, -0.05) is 18.2 Å². The van der Waals surface area contributed by atoms with E-state index >= 15 is 0 Å². The number of carbonyl (C=O) groups is 3.